The van der Waals surface area contributed by atoms with Crippen molar-refractivity contribution in [3.05, 3.63) is 41.9 Å². The highest BCUT2D eigenvalue weighted by Gasteiger charge is 2.36. The summed E-state index contributed by atoms with van der Waals surface area (Å²) in [6.07, 6.45) is -0.00489. The van der Waals surface area contributed by atoms with Crippen molar-refractivity contribution < 1.29 is 10.2 Å². The third-order valence-electron chi connectivity index (χ3n) is 3.06. The standard InChI is InChI=1S/C12H13N3O2/c13-9-10(12(17)11(9)16)15-7-1-2-8-6(5-7)3-4-14-8/h1-5,11-12,14-17H,13H2. The van der Waals surface area contributed by atoms with Crippen LogP contribution in [0.3, 0.4) is 0 Å². The monoisotopic (exact) mass is 231 g/mol. The number of nitrogens with two attached hydrogens (primary N) is 1. The second-order valence-electron chi connectivity index (χ2n) is 4.16. The van der Waals surface area contributed by atoms with E-state index in [-0.39, 0.29) is 0 Å². The quantitative estimate of drug-likeness (QED) is 0.520. The van der Waals surface area contributed by atoms with Gasteiger partial charge >= 0.3 is 0 Å². The number of aliphatic hydroxyl groups excluding tert-OH is 2. The van der Waals surface area contributed by atoms with Gasteiger partial charge in [0, 0.05) is 22.8 Å². The third-order valence-corrected chi connectivity index (χ3v) is 3.06. The van der Waals surface area contributed by atoms with Gasteiger partial charge in [0.05, 0.1) is 11.4 Å². The number of hydrogen-bond donors (Lipinski definition) is 5. The van der Waals surface area contributed by atoms with Crippen LogP contribution in [0.4, 0.5) is 5.69 Å². The summed E-state index contributed by atoms with van der Waals surface area (Å²) in [4.78, 5) is 3.10. The van der Waals surface area contributed by atoms with Crippen molar-refractivity contribution in [3.8, 4) is 0 Å². The maximum Gasteiger partial charge on any atom is 0.127 e. The smallest absolute Gasteiger partial charge is 0.127 e. The number of hydrogen-bond acceptors (Lipinski definition) is 4. The molecule has 5 nitrogen and oxygen atoms in total. The molecule has 0 saturated carbocycles. The highest BCUT2D eigenvalue weighted by atomic mass is 16.3. The molecule has 0 fully saturated rings. The van der Waals surface area contributed by atoms with Crippen LogP contribution in [0.15, 0.2) is 41.9 Å². The Morgan fingerprint density at radius 2 is 2.00 bits per heavy atom. The number of nitrogens with one attached hydrogen (secondary N) is 2. The number of rotatable bonds is 2. The molecular weight excluding hydrogens is 218 g/mol. The Morgan fingerprint density at radius 3 is 2.76 bits per heavy atom. The minimum Gasteiger partial charge on any atom is -0.398 e. The molecule has 6 N–H and O–H groups in total. The lowest BCUT2D eigenvalue weighted by Gasteiger charge is -2.33. The Hall–Kier alpha value is -1.98. The lowest BCUT2D eigenvalue weighted by Crippen LogP contribution is -2.47. The van der Waals surface area contributed by atoms with Gasteiger partial charge in [-0.2, -0.15) is 0 Å². The van der Waals surface area contributed by atoms with E-state index in [0.29, 0.717) is 11.4 Å². The zero-order valence-corrected chi connectivity index (χ0v) is 9.01. The molecule has 2 aromatic rings. The zero-order valence-electron chi connectivity index (χ0n) is 9.01. The topological polar surface area (TPSA) is 94.3 Å². The second-order valence-corrected chi connectivity index (χ2v) is 4.16. The van der Waals surface area contributed by atoms with E-state index in [1.165, 1.54) is 0 Å². The van der Waals surface area contributed by atoms with Crippen LogP contribution in [0.5, 0.6) is 0 Å². The first-order valence-corrected chi connectivity index (χ1v) is 5.36. The fourth-order valence-corrected chi connectivity index (χ4v) is 1.99. The molecule has 17 heavy (non-hydrogen) atoms. The second kappa shape index (κ2) is 3.51. The minimum absolute atomic E-state index is 0.298. The maximum absolute atomic E-state index is 9.52. The molecule has 0 aliphatic heterocycles. The van der Waals surface area contributed by atoms with Gasteiger partial charge in [0.15, 0.2) is 0 Å². The fourth-order valence-electron chi connectivity index (χ4n) is 1.99. The maximum atomic E-state index is 9.52. The number of aliphatic hydroxyl groups is 2. The normalized spacial score (nSPS) is 23.9. The van der Waals surface area contributed by atoms with Gasteiger partial charge in [-0.1, -0.05) is 0 Å². The molecule has 0 radical (unpaired) electrons. The van der Waals surface area contributed by atoms with Crippen molar-refractivity contribution >= 4 is 16.6 Å². The molecule has 1 heterocycles. The summed E-state index contributed by atoms with van der Waals surface area (Å²) in [5.41, 5.74) is 8.26. The van der Waals surface area contributed by atoms with Gasteiger partial charge in [0.1, 0.15) is 12.2 Å². The first-order chi connectivity index (χ1) is 8.16. The van der Waals surface area contributed by atoms with E-state index in [2.05, 4.69) is 10.3 Å². The van der Waals surface area contributed by atoms with Gasteiger partial charge in [0.2, 0.25) is 0 Å². The van der Waals surface area contributed by atoms with Crippen LogP contribution in [0.1, 0.15) is 0 Å². The average Bonchev–Trinajstić information content (AvgIpc) is 2.81. The van der Waals surface area contributed by atoms with Crippen LogP contribution < -0.4 is 11.1 Å². The number of aromatic nitrogens is 1. The summed E-state index contributed by atoms with van der Waals surface area (Å²) in [6, 6.07) is 7.74. The van der Waals surface area contributed by atoms with E-state index in [1.807, 2.05) is 30.5 Å². The van der Waals surface area contributed by atoms with Crippen LogP contribution in [-0.2, 0) is 0 Å². The Morgan fingerprint density at radius 1 is 1.18 bits per heavy atom. The number of H-pyrrole nitrogens is 1. The summed E-state index contributed by atoms with van der Waals surface area (Å²) in [5.74, 6) is 0. The number of aromatic amines is 1. The van der Waals surface area contributed by atoms with Crippen molar-refractivity contribution in [2.45, 2.75) is 12.2 Å². The summed E-state index contributed by atoms with van der Waals surface area (Å²) in [7, 11) is 0. The van der Waals surface area contributed by atoms with Crippen LogP contribution in [0.25, 0.3) is 10.9 Å². The molecular formula is C12H13N3O2. The average molecular weight is 231 g/mol. The number of fused-ring (bicyclic) bond motifs is 1. The summed E-state index contributed by atoms with van der Waals surface area (Å²) < 4.78 is 0. The van der Waals surface area contributed by atoms with Crippen molar-refractivity contribution in [2.24, 2.45) is 5.73 Å². The Bertz CT molecular complexity index is 603. The van der Waals surface area contributed by atoms with Crippen LogP contribution in [-0.4, -0.2) is 27.4 Å². The molecule has 1 aliphatic rings. The highest BCUT2D eigenvalue weighted by molar-refractivity contribution is 5.83. The molecule has 1 aromatic carbocycles. The summed E-state index contributed by atoms with van der Waals surface area (Å²) in [5, 5.41) is 22.9. The van der Waals surface area contributed by atoms with Gasteiger partial charge < -0.3 is 26.2 Å². The van der Waals surface area contributed by atoms with Crippen molar-refractivity contribution in [2.75, 3.05) is 5.32 Å². The van der Waals surface area contributed by atoms with Gasteiger partial charge in [-0.25, -0.2) is 0 Å². The first-order valence-electron chi connectivity index (χ1n) is 5.36. The molecule has 0 amide bonds. The Balaban J connectivity index is 1.91. The predicted molar refractivity (Wildman–Crippen MR) is 65.1 cm³/mol. The van der Waals surface area contributed by atoms with E-state index in [1.54, 1.807) is 0 Å². The van der Waals surface area contributed by atoms with Crippen LogP contribution in [0, 0.1) is 0 Å². The van der Waals surface area contributed by atoms with Gasteiger partial charge in [-0.05, 0) is 24.3 Å². The van der Waals surface area contributed by atoms with E-state index in [9.17, 15) is 10.2 Å². The largest absolute Gasteiger partial charge is 0.398 e. The minimum atomic E-state index is -0.950. The number of anilines is 1. The van der Waals surface area contributed by atoms with Crippen LogP contribution >= 0.6 is 0 Å². The van der Waals surface area contributed by atoms with E-state index >= 15 is 0 Å². The Kier molecular flexibility index (Phi) is 2.10. The lowest BCUT2D eigenvalue weighted by atomic mass is 9.93. The van der Waals surface area contributed by atoms with Crippen LogP contribution in [0.2, 0.25) is 0 Å². The molecule has 2 unspecified atom stereocenters. The van der Waals surface area contributed by atoms with E-state index in [0.717, 1.165) is 16.6 Å². The van der Waals surface area contributed by atoms with Crippen molar-refractivity contribution in [1.82, 2.24) is 4.98 Å². The van der Waals surface area contributed by atoms with Crippen molar-refractivity contribution in [3.63, 3.8) is 0 Å². The molecule has 88 valence electrons. The predicted octanol–water partition coefficient (Wildman–Crippen LogP) is 0.486. The zero-order chi connectivity index (χ0) is 12.0. The lowest BCUT2D eigenvalue weighted by molar-refractivity contribution is 0.0373. The molecule has 0 spiro atoms. The SMILES string of the molecule is NC1=C(Nc2ccc3[nH]ccc3c2)C(O)C1O. The van der Waals surface area contributed by atoms with Gasteiger partial charge in [-0.3, -0.25) is 0 Å². The molecule has 0 bridgehead atoms. The van der Waals surface area contributed by atoms with E-state index in [4.69, 9.17) is 5.73 Å². The van der Waals surface area contributed by atoms with E-state index < -0.39 is 12.2 Å². The van der Waals surface area contributed by atoms with Gasteiger partial charge in [0.25, 0.3) is 0 Å². The Labute approximate surface area is 97.6 Å². The molecule has 2 atom stereocenters. The summed E-state index contributed by atoms with van der Waals surface area (Å²) in [6.45, 7) is 0. The third kappa shape index (κ3) is 1.48. The molecule has 1 aromatic heterocycles. The molecule has 0 saturated heterocycles. The summed E-state index contributed by atoms with van der Waals surface area (Å²) >= 11 is 0. The highest BCUT2D eigenvalue weighted by Crippen LogP contribution is 2.27. The first kappa shape index (κ1) is 10.2. The number of benzene rings is 1. The molecule has 5 heteroatoms. The fraction of sp³-hybridized carbons (Fsp3) is 0.167. The molecule has 1 aliphatic carbocycles. The van der Waals surface area contributed by atoms with Gasteiger partial charge in [-0.15, -0.1) is 0 Å². The molecule has 3 rings (SSSR count). The van der Waals surface area contributed by atoms with Crippen molar-refractivity contribution in [1.29, 1.82) is 0 Å².